The van der Waals surface area contributed by atoms with E-state index in [2.05, 4.69) is 38.1 Å². The summed E-state index contributed by atoms with van der Waals surface area (Å²) in [7, 11) is 1.73. The minimum Gasteiger partial charge on any atom is -0.383 e. The Morgan fingerprint density at radius 2 is 2.26 bits per heavy atom. The van der Waals surface area contributed by atoms with E-state index in [0.717, 1.165) is 34.0 Å². The minimum absolute atomic E-state index is 0.297. The first-order valence-electron chi connectivity index (χ1n) is 6.40. The van der Waals surface area contributed by atoms with Gasteiger partial charge in [0.05, 0.1) is 17.8 Å². The van der Waals surface area contributed by atoms with Crippen molar-refractivity contribution in [3.8, 4) is 0 Å². The molecular weight excluding hydrogens is 306 g/mol. The predicted octanol–water partition coefficient (Wildman–Crippen LogP) is 3.62. The molecule has 1 N–H and O–H groups in total. The maximum absolute atomic E-state index is 5.25. The van der Waals surface area contributed by atoms with Crippen LogP contribution in [0.2, 0.25) is 0 Å². The Balaban J connectivity index is 2.28. The monoisotopic (exact) mass is 323 g/mol. The Bertz CT molecular complexity index is 541. The number of methoxy groups -OCH3 is 1. The molecule has 4 nitrogen and oxygen atoms in total. The van der Waals surface area contributed by atoms with E-state index in [1.807, 2.05) is 12.1 Å². The largest absolute Gasteiger partial charge is 0.383 e. The number of aromatic nitrogens is 2. The zero-order chi connectivity index (χ0) is 13.7. The van der Waals surface area contributed by atoms with Gasteiger partial charge in [-0.15, -0.1) is 0 Å². The first-order valence-corrected chi connectivity index (χ1v) is 7.19. The normalized spacial score (nSPS) is 12.6. The lowest BCUT2D eigenvalue weighted by Gasteiger charge is -2.19. The fraction of sp³-hybridized carbons (Fsp3) is 0.429. The highest BCUT2D eigenvalue weighted by Gasteiger charge is 2.10. The van der Waals surface area contributed by atoms with Crippen molar-refractivity contribution in [1.82, 2.24) is 9.97 Å². The maximum atomic E-state index is 5.25. The van der Waals surface area contributed by atoms with Crippen LogP contribution >= 0.6 is 15.9 Å². The lowest BCUT2D eigenvalue weighted by Crippen LogP contribution is -2.24. The molecular formula is C14H18BrN3O. The summed E-state index contributed by atoms with van der Waals surface area (Å²) in [4.78, 5) is 8.78. The van der Waals surface area contributed by atoms with Crippen molar-refractivity contribution in [2.75, 3.05) is 19.0 Å². The number of fused-ring (bicyclic) bond motifs is 1. The molecule has 0 saturated heterocycles. The average Bonchev–Trinajstić information content (AvgIpc) is 2.39. The molecule has 102 valence electrons. The van der Waals surface area contributed by atoms with Crippen LogP contribution in [0.4, 0.5) is 5.69 Å². The fourth-order valence-corrected chi connectivity index (χ4v) is 2.41. The Kier molecular flexibility index (Phi) is 5.10. The van der Waals surface area contributed by atoms with Gasteiger partial charge in [0, 0.05) is 30.0 Å². The van der Waals surface area contributed by atoms with E-state index in [1.165, 1.54) is 0 Å². The van der Waals surface area contributed by atoms with Gasteiger partial charge in [0.2, 0.25) is 0 Å². The molecule has 0 fully saturated rings. The predicted molar refractivity (Wildman–Crippen MR) is 81.4 cm³/mol. The van der Waals surface area contributed by atoms with E-state index in [0.29, 0.717) is 12.6 Å². The zero-order valence-electron chi connectivity index (χ0n) is 11.2. The number of nitrogens with one attached hydrogen (secondary N) is 1. The molecule has 0 spiro atoms. The number of hydrogen-bond donors (Lipinski definition) is 1. The number of pyridine rings is 2. The van der Waals surface area contributed by atoms with E-state index >= 15 is 0 Å². The Hall–Kier alpha value is -1.20. The second kappa shape index (κ2) is 6.82. The highest BCUT2D eigenvalue weighted by molar-refractivity contribution is 9.10. The molecule has 2 rings (SSSR count). The first kappa shape index (κ1) is 14.2. The van der Waals surface area contributed by atoms with Crippen LogP contribution in [-0.2, 0) is 4.74 Å². The summed E-state index contributed by atoms with van der Waals surface area (Å²) in [6.45, 7) is 2.86. The van der Waals surface area contributed by atoms with E-state index < -0.39 is 0 Å². The van der Waals surface area contributed by atoms with E-state index in [-0.39, 0.29) is 0 Å². The van der Waals surface area contributed by atoms with Crippen molar-refractivity contribution < 1.29 is 4.74 Å². The quantitative estimate of drug-likeness (QED) is 0.882. The van der Waals surface area contributed by atoms with Crippen LogP contribution in [0.5, 0.6) is 0 Å². The Morgan fingerprint density at radius 3 is 3.00 bits per heavy atom. The van der Waals surface area contributed by atoms with Gasteiger partial charge in [0.15, 0.2) is 0 Å². The lowest BCUT2D eigenvalue weighted by molar-refractivity contribution is 0.182. The molecule has 19 heavy (non-hydrogen) atoms. The summed E-state index contributed by atoms with van der Waals surface area (Å²) in [5, 5.41) is 3.50. The summed E-state index contributed by atoms with van der Waals surface area (Å²) in [6.07, 6.45) is 5.77. The zero-order valence-corrected chi connectivity index (χ0v) is 12.8. The van der Waals surface area contributed by atoms with E-state index in [9.17, 15) is 0 Å². The highest BCUT2D eigenvalue weighted by atomic mass is 79.9. The van der Waals surface area contributed by atoms with E-state index in [1.54, 1.807) is 19.5 Å². The van der Waals surface area contributed by atoms with Crippen molar-refractivity contribution >= 4 is 32.7 Å². The van der Waals surface area contributed by atoms with Gasteiger partial charge in [-0.25, -0.2) is 0 Å². The van der Waals surface area contributed by atoms with Crippen molar-refractivity contribution in [2.45, 2.75) is 25.8 Å². The van der Waals surface area contributed by atoms with Crippen LogP contribution in [0.1, 0.15) is 19.8 Å². The van der Waals surface area contributed by atoms with Crippen LogP contribution in [0.25, 0.3) is 11.0 Å². The molecule has 5 heteroatoms. The van der Waals surface area contributed by atoms with Crippen LogP contribution < -0.4 is 5.32 Å². The summed E-state index contributed by atoms with van der Waals surface area (Å²) >= 11 is 3.41. The second-order valence-corrected chi connectivity index (χ2v) is 5.38. The van der Waals surface area contributed by atoms with E-state index in [4.69, 9.17) is 4.74 Å². The van der Waals surface area contributed by atoms with Crippen molar-refractivity contribution in [2.24, 2.45) is 0 Å². The topological polar surface area (TPSA) is 47.0 Å². The number of halogens is 1. The molecule has 2 aromatic rings. The average molecular weight is 324 g/mol. The smallest absolute Gasteiger partial charge is 0.112 e. The molecule has 0 amide bonds. The van der Waals surface area contributed by atoms with Gasteiger partial charge in [0.1, 0.15) is 5.52 Å². The lowest BCUT2D eigenvalue weighted by atomic mass is 10.1. The van der Waals surface area contributed by atoms with Crippen molar-refractivity contribution in [3.05, 3.63) is 29.0 Å². The molecule has 2 heterocycles. The van der Waals surface area contributed by atoms with Crippen LogP contribution in [0.3, 0.4) is 0 Å². The fourth-order valence-electron chi connectivity index (χ4n) is 2.09. The van der Waals surface area contributed by atoms with Gasteiger partial charge in [-0.05, 0) is 34.5 Å². The third-order valence-corrected chi connectivity index (χ3v) is 3.34. The number of ether oxygens (including phenoxy) is 1. The summed E-state index contributed by atoms with van der Waals surface area (Å²) in [6, 6.07) is 4.23. The van der Waals surface area contributed by atoms with Gasteiger partial charge in [0.25, 0.3) is 0 Å². The van der Waals surface area contributed by atoms with Crippen LogP contribution in [-0.4, -0.2) is 29.7 Å². The molecule has 0 bridgehead atoms. The molecule has 0 aliphatic carbocycles. The molecule has 0 radical (unpaired) electrons. The Labute approximate surface area is 121 Å². The van der Waals surface area contributed by atoms with Gasteiger partial charge in [-0.3, -0.25) is 9.97 Å². The van der Waals surface area contributed by atoms with Crippen LogP contribution in [0, 0.1) is 0 Å². The third kappa shape index (κ3) is 3.64. The number of nitrogens with zero attached hydrogens (tertiary/aromatic N) is 2. The molecule has 1 unspecified atom stereocenters. The Morgan fingerprint density at radius 1 is 1.42 bits per heavy atom. The molecule has 2 aromatic heterocycles. The number of rotatable bonds is 6. The maximum Gasteiger partial charge on any atom is 0.112 e. The van der Waals surface area contributed by atoms with Gasteiger partial charge in [-0.2, -0.15) is 0 Å². The standard InChI is InChI=1S/C14H18BrN3O/c1-3-4-11(9-19-2)18-12-5-6-16-13-7-10(15)8-17-14(12)13/h5-8,11H,3-4,9H2,1-2H3,(H,16,18). The minimum atomic E-state index is 0.297. The SMILES string of the molecule is CCCC(COC)Nc1ccnc2cc(Br)cnc12. The highest BCUT2D eigenvalue weighted by Crippen LogP contribution is 2.23. The molecule has 0 aliphatic heterocycles. The summed E-state index contributed by atoms with van der Waals surface area (Å²) in [5.41, 5.74) is 2.78. The van der Waals surface area contributed by atoms with Gasteiger partial charge >= 0.3 is 0 Å². The van der Waals surface area contributed by atoms with Crippen LogP contribution in [0.15, 0.2) is 29.0 Å². The summed E-state index contributed by atoms with van der Waals surface area (Å²) < 4.78 is 6.19. The van der Waals surface area contributed by atoms with Crippen molar-refractivity contribution in [1.29, 1.82) is 0 Å². The van der Waals surface area contributed by atoms with Gasteiger partial charge in [-0.1, -0.05) is 13.3 Å². The van der Waals surface area contributed by atoms with Crippen molar-refractivity contribution in [3.63, 3.8) is 0 Å². The molecule has 0 aromatic carbocycles. The molecule has 0 aliphatic rings. The second-order valence-electron chi connectivity index (χ2n) is 4.47. The molecule has 1 atom stereocenters. The summed E-state index contributed by atoms with van der Waals surface area (Å²) in [5.74, 6) is 0. The number of hydrogen-bond acceptors (Lipinski definition) is 4. The molecule has 0 saturated carbocycles. The van der Waals surface area contributed by atoms with Gasteiger partial charge < -0.3 is 10.1 Å². The number of anilines is 1. The first-order chi connectivity index (χ1) is 9.24. The third-order valence-electron chi connectivity index (χ3n) is 2.91.